The van der Waals surface area contributed by atoms with E-state index in [4.69, 9.17) is 16.3 Å². The maximum absolute atomic E-state index is 14.2. The van der Waals surface area contributed by atoms with Gasteiger partial charge in [0.05, 0.1) is 11.2 Å². The predicted molar refractivity (Wildman–Crippen MR) is 106 cm³/mol. The molecular formula is C19H15ClFN5O2. The molecule has 0 spiro atoms. The third-order valence-corrected chi connectivity index (χ3v) is 4.31. The van der Waals surface area contributed by atoms with Crippen LogP contribution in [0.15, 0.2) is 41.5 Å². The Morgan fingerprint density at radius 2 is 2.04 bits per heavy atom. The number of hydrogen-bond donors (Lipinski definition) is 3. The number of hydrogen-bond acceptors (Lipinski definition) is 7. The van der Waals surface area contributed by atoms with Crippen molar-refractivity contribution in [1.82, 2.24) is 9.97 Å². The van der Waals surface area contributed by atoms with E-state index in [0.29, 0.717) is 35.0 Å². The van der Waals surface area contributed by atoms with Gasteiger partial charge in [-0.3, -0.25) is 4.99 Å². The second kappa shape index (κ2) is 7.32. The van der Waals surface area contributed by atoms with E-state index in [9.17, 15) is 9.50 Å². The van der Waals surface area contributed by atoms with Crippen LogP contribution in [0.3, 0.4) is 0 Å². The molecule has 0 bridgehead atoms. The fourth-order valence-electron chi connectivity index (χ4n) is 2.67. The Bertz CT molecular complexity index is 1070. The molecule has 0 fully saturated rings. The monoisotopic (exact) mass is 399 g/mol. The summed E-state index contributed by atoms with van der Waals surface area (Å²) in [6.45, 7) is 2.14. The van der Waals surface area contributed by atoms with E-state index in [1.807, 2.05) is 0 Å². The quantitative estimate of drug-likeness (QED) is 0.542. The number of ether oxygens (including phenoxy) is 1. The van der Waals surface area contributed by atoms with Crippen LogP contribution in [0, 0.1) is 12.7 Å². The highest BCUT2D eigenvalue weighted by atomic mass is 35.5. The summed E-state index contributed by atoms with van der Waals surface area (Å²) >= 11 is 5.98. The smallest absolute Gasteiger partial charge is 0.229 e. The van der Waals surface area contributed by atoms with Crippen molar-refractivity contribution in [3.63, 3.8) is 0 Å². The number of nitrogens with one attached hydrogen (secondary N) is 2. The molecule has 2 heterocycles. The normalized spacial score (nSPS) is 12.2. The SMILES string of the molecule is Cc1cc(Nc2ncc(F)c(Nc3ccc4c(c3)N=CCO4)n2)cc(Cl)c1O. The molecule has 28 heavy (non-hydrogen) atoms. The summed E-state index contributed by atoms with van der Waals surface area (Å²) in [4.78, 5) is 12.4. The minimum Gasteiger partial charge on any atom is -0.506 e. The van der Waals surface area contributed by atoms with Gasteiger partial charge in [-0.25, -0.2) is 9.37 Å². The topological polar surface area (TPSA) is 91.7 Å². The van der Waals surface area contributed by atoms with Gasteiger partial charge in [-0.1, -0.05) is 11.6 Å². The van der Waals surface area contributed by atoms with Gasteiger partial charge in [-0.15, -0.1) is 0 Å². The molecule has 3 aromatic rings. The average molecular weight is 400 g/mol. The molecule has 4 rings (SSSR count). The molecule has 3 N–H and O–H groups in total. The van der Waals surface area contributed by atoms with Gasteiger partial charge in [-0.2, -0.15) is 4.98 Å². The van der Waals surface area contributed by atoms with Crippen LogP contribution in [-0.4, -0.2) is 27.9 Å². The lowest BCUT2D eigenvalue weighted by atomic mass is 10.2. The minimum atomic E-state index is -0.608. The van der Waals surface area contributed by atoms with Crippen molar-refractivity contribution >= 4 is 46.6 Å². The number of anilines is 4. The number of aryl methyl sites for hydroxylation is 1. The fraction of sp³-hybridized carbons (Fsp3) is 0.105. The van der Waals surface area contributed by atoms with E-state index in [-0.39, 0.29) is 22.5 Å². The Labute approximate surface area is 164 Å². The second-order valence-corrected chi connectivity index (χ2v) is 6.48. The lowest BCUT2D eigenvalue weighted by Crippen LogP contribution is -2.05. The van der Waals surface area contributed by atoms with Crippen LogP contribution in [0.4, 0.5) is 33.2 Å². The van der Waals surface area contributed by atoms with Gasteiger partial charge in [0.25, 0.3) is 0 Å². The number of aromatic hydroxyl groups is 1. The Morgan fingerprint density at radius 3 is 2.86 bits per heavy atom. The molecule has 7 nitrogen and oxygen atoms in total. The molecule has 1 aliphatic rings. The summed E-state index contributed by atoms with van der Waals surface area (Å²) in [5, 5.41) is 15.8. The van der Waals surface area contributed by atoms with Gasteiger partial charge in [0.15, 0.2) is 11.6 Å². The van der Waals surface area contributed by atoms with Crippen molar-refractivity contribution in [2.75, 3.05) is 17.2 Å². The largest absolute Gasteiger partial charge is 0.506 e. The highest BCUT2D eigenvalue weighted by Gasteiger charge is 2.12. The zero-order chi connectivity index (χ0) is 19.7. The molecule has 0 aliphatic carbocycles. The van der Waals surface area contributed by atoms with Crippen LogP contribution in [0.25, 0.3) is 0 Å². The first-order chi connectivity index (χ1) is 13.5. The van der Waals surface area contributed by atoms with Gasteiger partial charge in [0, 0.05) is 17.6 Å². The van der Waals surface area contributed by atoms with E-state index < -0.39 is 5.82 Å². The number of phenolic OH excluding ortho intramolecular Hbond substituents is 1. The lowest BCUT2D eigenvalue weighted by Gasteiger charge is -2.14. The van der Waals surface area contributed by atoms with Crippen molar-refractivity contribution in [2.45, 2.75) is 6.92 Å². The van der Waals surface area contributed by atoms with E-state index >= 15 is 0 Å². The average Bonchev–Trinajstić information content (AvgIpc) is 2.68. The molecule has 0 saturated carbocycles. The summed E-state index contributed by atoms with van der Waals surface area (Å²) in [6, 6.07) is 8.46. The first-order valence-electron chi connectivity index (χ1n) is 8.34. The van der Waals surface area contributed by atoms with Crippen LogP contribution in [-0.2, 0) is 0 Å². The van der Waals surface area contributed by atoms with Crippen molar-refractivity contribution in [3.8, 4) is 11.5 Å². The molecule has 2 aromatic carbocycles. The van der Waals surface area contributed by atoms with E-state index in [1.54, 1.807) is 37.4 Å². The Balaban J connectivity index is 1.58. The highest BCUT2D eigenvalue weighted by Crippen LogP contribution is 2.34. The molecule has 1 aromatic heterocycles. The van der Waals surface area contributed by atoms with Crippen LogP contribution in [0.2, 0.25) is 5.02 Å². The molecule has 142 valence electrons. The standard InChI is InChI=1S/C19H15ClFN5O2/c1-10-6-12(7-13(20)17(10)27)25-19-23-9-14(21)18(26-19)24-11-2-3-16-15(8-11)22-4-5-28-16/h2-4,6-9,27H,5H2,1H3,(H2,23,24,25,26). The number of fused-ring (bicyclic) bond motifs is 1. The summed E-state index contributed by atoms with van der Waals surface area (Å²) in [7, 11) is 0. The maximum atomic E-state index is 14.2. The summed E-state index contributed by atoms with van der Waals surface area (Å²) in [6.07, 6.45) is 2.72. The Morgan fingerprint density at radius 1 is 1.18 bits per heavy atom. The van der Waals surface area contributed by atoms with Crippen LogP contribution < -0.4 is 15.4 Å². The van der Waals surface area contributed by atoms with E-state index in [2.05, 4.69) is 25.6 Å². The number of aromatic nitrogens is 2. The first-order valence-corrected chi connectivity index (χ1v) is 8.72. The van der Waals surface area contributed by atoms with Crippen molar-refractivity contribution in [3.05, 3.63) is 52.9 Å². The highest BCUT2D eigenvalue weighted by molar-refractivity contribution is 6.32. The van der Waals surface area contributed by atoms with Crippen molar-refractivity contribution < 1.29 is 14.2 Å². The lowest BCUT2D eigenvalue weighted by molar-refractivity contribution is 0.377. The van der Waals surface area contributed by atoms with Crippen LogP contribution in [0.1, 0.15) is 5.56 Å². The third kappa shape index (κ3) is 3.67. The number of halogens is 2. The van der Waals surface area contributed by atoms with E-state index in [0.717, 1.165) is 6.20 Å². The van der Waals surface area contributed by atoms with E-state index in [1.165, 1.54) is 6.07 Å². The van der Waals surface area contributed by atoms with Crippen LogP contribution >= 0.6 is 11.6 Å². The number of phenols is 1. The van der Waals surface area contributed by atoms with Crippen molar-refractivity contribution in [1.29, 1.82) is 0 Å². The van der Waals surface area contributed by atoms with Gasteiger partial charge >= 0.3 is 0 Å². The summed E-state index contributed by atoms with van der Waals surface area (Å²) < 4.78 is 19.6. The predicted octanol–water partition coefficient (Wildman–Crippen LogP) is 4.87. The molecule has 0 saturated heterocycles. The molecule has 0 radical (unpaired) electrons. The molecule has 9 heteroatoms. The summed E-state index contributed by atoms with van der Waals surface area (Å²) in [5.74, 6) is 0.235. The maximum Gasteiger partial charge on any atom is 0.229 e. The molecule has 0 unspecified atom stereocenters. The molecular weight excluding hydrogens is 385 g/mol. The molecule has 1 aliphatic heterocycles. The van der Waals surface area contributed by atoms with Gasteiger partial charge in [0.1, 0.15) is 23.8 Å². The Kier molecular flexibility index (Phi) is 4.70. The molecule has 0 amide bonds. The van der Waals surface area contributed by atoms with Gasteiger partial charge in [-0.05, 0) is 42.8 Å². The number of nitrogens with zero attached hydrogens (tertiary/aromatic N) is 3. The first kappa shape index (κ1) is 18.0. The molecule has 0 atom stereocenters. The fourth-order valence-corrected chi connectivity index (χ4v) is 2.94. The second-order valence-electron chi connectivity index (χ2n) is 6.07. The van der Waals surface area contributed by atoms with Gasteiger partial charge < -0.3 is 20.5 Å². The third-order valence-electron chi connectivity index (χ3n) is 4.02. The zero-order valence-corrected chi connectivity index (χ0v) is 15.5. The zero-order valence-electron chi connectivity index (χ0n) is 14.7. The number of rotatable bonds is 4. The van der Waals surface area contributed by atoms with Crippen LogP contribution in [0.5, 0.6) is 11.5 Å². The minimum absolute atomic E-state index is 0.000227. The van der Waals surface area contributed by atoms with Gasteiger partial charge in [0.2, 0.25) is 5.95 Å². The van der Waals surface area contributed by atoms with Crippen molar-refractivity contribution in [2.24, 2.45) is 4.99 Å². The number of aliphatic imine (C=N–C) groups is 1. The Hall–Kier alpha value is -3.39. The summed E-state index contributed by atoms with van der Waals surface area (Å²) in [5.41, 5.74) is 2.41. The number of benzene rings is 2.